The number of methoxy groups -OCH3 is 1. The van der Waals surface area contributed by atoms with E-state index in [9.17, 15) is 13.6 Å². The lowest BCUT2D eigenvalue weighted by Crippen LogP contribution is -2.36. The summed E-state index contributed by atoms with van der Waals surface area (Å²) in [6.45, 7) is 0. The number of aliphatic imine (C=N–C) groups is 1. The first-order valence-electron chi connectivity index (χ1n) is 10.1. The number of amides is 1. The number of aromatic amines is 1. The molecule has 0 bridgehead atoms. The van der Waals surface area contributed by atoms with Gasteiger partial charge < -0.3 is 10.1 Å². The van der Waals surface area contributed by atoms with Gasteiger partial charge in [-0.15, -0.1) is 0 Å². The number of aromatic nitrogens is 2. The Bertz CT molecular complexity index is 1390. The van der Waals surface area contributed by atoms with E-state index in [-0.39, 0.29) is 33.1 Å². The van der Waals surface area contributed by atoms with Crippen LogP contribution in [0.2, 0.25) is 10.0 Å². The molecular formula is C24H17Cl2F2N5O2. The summed E-state index contributed by atoms with van der Waals surface area (Å²) in [4.78, 5) is 17.1. The van der Waals surface area contributed by atoms with E-state index in [1.54, 1.807) is 25.3 Å². The largest absolute Gasteiger partial charge is 0.497 e. The van der Waals surface area contributed by atoms with Gasteiger partial charge in [-0.2, -0.15) is 10.1 Å². The number of halogens is 4. The van der Waals surface area contributed by atoms with Crippen molar-refractivity contribution in [2.75, 3.05) is 12.4 Å². The Hall–Kier alpha value is -3.95. The summed E-state index contributed by atoms with van der Waals surface area (Å²) in [6.07, 6.45) is 0. The van der Waals surface area contributed by atoms with Crippen molar-refractivity contribution in [3.8, 4) is 17.0 Å². The maximum absolute atomic E-state index is 13.8. The van der Waals surface area contributed by atoms with Crippen LogP contribution in [0.4, 0.5) is 20.3 Å². The number of hydrogen-bond donors (Lipinski definition) is 3. The molecule has 0 unspecified atom stereocenters. The van der Waals surface area contributed by atoms with Gasteiger partial charge in [0.05, 0.1) is 17.8 Å². The van der Waals surface area contributed by atoms with Crippen LogP contribution in [0.25, 0.3) is 11.3 Å². The summed E-state index contributed by atoms with van der Waals surface area (Å²) >= 11 is 11.6. The molecule has 3 N–H and O–H groups in total. The van der Waals surface area contributed by atoms with Crippen molar-refractivity contribution in [2.24, 2.45) is 4.99 Å². The van der Waals surface area contributed by atoms with E-state index in [2.05, 4.69) is 25.8 Å². The number of ether oxygens (including phenoxy) is 1. The van der Waals surface area contributed by atoms with E-state index in [0.29, 0.717) is 11.4 Å². The third kappa shape index (κ3) is 6.14. The quantitative estimate of drug-likeness (QED) is 0.218. The Morgan fingerprint density at radius 2 is 1.80 bits per heavy atom. The maximum Gasteiger partial charge on any atom is 0.258 e. The highest BCUT2D eigenvalue weighted by atomic mass is 35.5. The van der Waals surface area contributed by atoms with Crippen molar-refractivity contribution < 1.29 is 18.3 Å². The highest BCUT2D eigenvalue weighted by molar-refractivity contribution is 6.31. The summed E-state index contributed by atoms with van der Waals surface area (Å²) in [5, 5.41) is 12.4. The van der Waals surface area contributed by atoms with E-state index < -0.39 is 17.5 Å². The molecule has 0 radical (unpaired) electrons. The molecule has 35 heavy (non-hydrogen) atoms. The van der Waals surface area contributed by atoms with E-state index in [0.717, 1.165) is 17.7 Å². The number of nitrogens with one attached hydrogen (secondary N) is 3. The standard InChI is InChI=1S/C24H17Cl2F2N5O2/c1-35-18-5-2-13(3-6-18)21-12-22(33-32-21)30-24(29-17-10-15(25)9-16(27)11-17)31-23(34)14-4-7-19(26)20(28)8-14/h2-12H,1H3,(H3,29,30,31,32,33,34). The zero-order chi connectivity index (χ0) is 24.9. The van der Waals surface area contributed by atoms with Gasteiger partial charge in [0.1, 0.15) is 17.4 Å². The predicted octanol–water partition coefficient (Wildman–Crippen LogP) is 6.20. The van der Waals surface area contributed by atoms with Crippen molar-refractivity contribution in [3.05, 3.63) is 94.0 Å². The molecule has 4 rings (SSSR count). The lowest BCUT2D eigenvalue weighted by molar-refractivity contribution is 0.0976. The number of hydrogen-bond acceptors (Lipinski definition) is 4. The van der Waals surface area contributed by atoms with Crippen LogP contribution in [-0.2, 0) is 0 Å². The minimum Gasteiger partial charge on any atom is -0.497 e. The Kier molecular flexibility index (Phi) is 7.28. The Morgan fingerprint density at radius 1 is 1.03 bits per heavy atom. The summed E-state index contributed by atoms with van der Waals surface area (Å²) < 4.78 is 32.8. The SMILES string of the molecule is COc1ccc(-c2cc(N=C(NC(=O)c3ccc(Cl)c(F)c3)Nc3cc(F)cc(Cl)c3)n[nH]2)cc1. The molecular weight excluding hydrogens is 499 g/mol. The second-order valence-electron chi connectivity index (χ2n) is 7.19. The molecule has 0 spiro atoms. The smallest absolute Gasteiger partial charge is 0.258 e. The van der Waals surface area contributed by atoms with Crippen LogP contribution in [0.15, 0.2) is 71.7 Å². The zero-order valence-corrected chi connectivity index (χ0v) is 19.6. The number of benzene rings is 3. The number of nitrogens with zero attached hydrogens (tertiary/aromatic N) is 2. The normalized spacial score (nSPS) is 11.3. The summed E-state index contributed by atoms with van der Waals surface area (Å²) in [5.74, 6) is -1.21. The first-order valence-corrected chi connectivity index (χ1v) is 10.8. The third-order valence-corrected chi connectivity index (χ3v) is 5.26. The van der Waals surface area contributed by atoms with Gasteiger partial charge in [-0.3, -0.25) is 15.2 Å². The average molecular weight is 516 g/mol. The van der Waals surface area contributed by atoms with Crippen molar-refractivity contribution in [1.82, 2.24) is 15.5 Å². The molecule has 0 aliphatic heterocycles. The maximum atomic E-state index is 13.8. The van der Waals surface area contributed by atoms with Gasteiger partial charge in [-0.05, 0) is 66.2 Å². The molecule has 11 heteroatoms. The van der Waals surface area contributed by atoms with Crippen LogP contribution < -0.4 is 15.4 Å². The molecule has 0 aliphatic rings. The van der Waals surface area contributed by atoms with Crippen molar-refractivity contribution >= 4 is 46.6 Å². The van der Waals surface area contributed by atoms with E-state index in [4.69, 9.17) is 27.9 Å². The van der Waals surface area contributed by atoms with Gasteiger partial charge in [0.25, 0.3) is 5.91 Å². The highest BCUT2D eigenvalue weighted by Gasteiger charge is 2.14. The second kappa shape index (κ2) is 10.5. The van der Waals surface area contributed by atoms with Gasteiger partial charge in [0.2, 0.25) is 5.96 Å². The molecule has 0 fully saturated rings. The first kappa shape index (κ1) is 24.2. The van der Waals surface area contributed by atoms with Crippen molar-refractivity contribution in [1.29, 1.82) is 0 Å². The molecule has 3 aromatic carbocycles. The topological polar surface area (TPSA) is 91.4 Å². The monoisotopic (exact) mass is 515 g/mol. The third-order valence-electron chi connectivity index (χ3n) is 4.73. The Labute approximate surface area is 208 Å². The number of carbonyl (C=O) groups excluding carboxylic acids is 1. The summed E-state index contributed by atoms with van der Waals surface area (Å²) in [7, 11) is 1.57. The molecule has 1 amide bonds. The number of H-pyrrole nitrogens is 1. The van der Waals surface area contributed by atoms with Crippen LogP contribution in [0.3, 0.4) is 0 Å². The number of carbonyl (C=O) groups is 1. The van der Waals surface area contributed by atoms with E-state index in [1.165, 1.54) is 24.3 Å². The minimum absolute atomic E-state index is 0.000348. The summed E-state index contributed by atoms with van der Waals surface area (Å²) in [5.41, 5.74) is 1.71. The number of guanidine groups is 1. The minimum atomic E-state index is -0.751. The van der Waals surface area contributed by atoms with Crippen LogP contribution in [0, 0.1) is 11.6 Å². The fourth-order valence-corrected chi connectivity index (χ4v) is 3.41. The molecule has 178 valence electrons. The van der Waals surface area contributed by atoms with Crippen LogP contribution in [-0.4, -0.2) is 29.2 Å². The molecule has 0 aliphatic carbocycles. The van der Waals surface area contributed by atoms with Crippen LogP contribution in [0.1, 0.15) is 10.4 Å². The average Bonchev–Trinajstić information content (AvgIpc) is 3.28. The van der Waals surface area contributed by atoms with Crippen molar-refractivity contribution in [2.45, 2.75) is 0 Å². The summed E-state index contributed by atoms with van der Waals surface area (Å²) in [6, 6.07) is 16.3. The Morgan fingerprint density at radius 3 is 2.49 bits per heavy atom. The lowest BCUT2D eigenvalue weighted by atomic mass is 10.1. The number of anilines is 1. The van der Waals surface area contributed by atoms with Gasteiger partial charge in [-0.1, -0.05) is 23.2 Å². The van der Waals surface area contributed by atoms with Gasteiger partial charge >= 0.3 is 0 Å². The highest BCUT2D eigenvalue weighted by Crippen LogP contribution is 2.24. The van der Waals surface area contributed by atoms with E-state index in [1.807, 2.05) is 12.1 Å². The molecule has 4 aromatic rings. The fourth-order valence-electron chi connectivity index (χ4n) is 3.07. The van der Waals surface area contributed by atoms with Gasteiger partial charge in [0, 0.05) is 22.3 Å². The fraction of sp³-hybridized carbons (Fsp3) is 0.0417. The molecule has 0 saturated heterocycles. The molecule has 7 nitrogen and oxygen atoms in total. The van der Waals surface area contributed by atoms with Crippen LogP contribution >= 0.6 is 23.2 Å². The molecule has 1 aromatic heterocycles. The molecule has 0 atom stereocenters. The Balaban J connectivity index is 1.64. The predicted molar refractivity (Wildman–Crippen MR) is 132 cm³/mol. The van der Waals surface area contributed by atoms with Crippen LogP contribution in [0.5, 0.6) is 5.75 Å². The van der Waals surface area contributed by atoms with E-state index >= 15 is 0 Å². The first-order chi connectivity index (χ1) is 16.8. The second-order valence-corrected chi connectivity index (χ2v) is 8.04. The van der Waals surface area contributed by atoms with Gasteiger partial charge in [0.15, 0.2) is 5.82 Å². The van der Waals surface area contributed by atoms with Gasteiger partial charge in [-0.25, -0.2) is 8.78 Å². The number of rotatable bonds is 5. The molecule has 1 heterocycles. The zero-order valence-electron chi connectivity index (χ0n) is 18.1. The lowest BCUT2D eigenvalue weighted by Gasteiger charge is -2.12. The molecule has 0 saturated carbocycles. The van der Waals surface area contributed by atoms with Crippen molar-refractivity contribution in [3.63, 3.8) is 0 Å².